The Hall–Kier alpha value is -2.96. The zero-order chi connectivity index (χ0) is 19.2. The van der Waals surface area contributed by atoms with Gasteiger partial charge in [-0.1, -0.05) is 30.3 Å². The molecular formula is C20H24N4O3. The highest BCUT2D eigenvalue weighted by atomic mass is 16.2. The smallest absolute Gasteiger partial charge is 0.268 e. The summed E-state index contributed by atoms with van der Waals surface area (Å²) in [5.74, 6) is 0.201. The van der Waals surface area contributed by atoms with Crippen molar-refractivity contribution in [3.63, 3.8) is 0 Å². The lowest BCUT2D eigenvalue weighted by Crippen LogP contribution is -2.31. The SMILES string of the molecule is Cn1ncc(N2CC[C@@H](CNC(=O)CCC(=O)c3ccccc3)C2)cc1=O. The molecule has 7 heteroatoms. The third kappa shape index (κ3) is 5.03. The van der Waals surface area contributed by atoms with Crippen LogP contribution in [0.4, 0.5) is 5.69 Å². The molecular weight excluding hydrogens is 344 g/mol. The molecule has 3 rings (SSSR count). The number of aryl methyl sites for hydroxylation is 1. The quantitative estimate of drug-likeness (QED) is 0.747. The van der Waals surface area contributed by atoms with Crippen LogP contribution in [-0.2, 0) is 11.8 Å². The van der Waals surface area contributed by atoms with Crippen LogP contribution in [0.1, 0.15) is 29.6 Å². The summed E-state index contributed by atoms with van der Waals surface area (Å²) in [6.07, 6.45) is 3.05. The van der Waals surface area contributed by atoms with Gasteiger partial charge < -0.3 is 10.2 Å². The van der Waals surface area contributed by atoms with Crippen LogP contribution in [0, 0.1) is 5.92 Å². The number of aromatic nitrogens is 2. The van der Waals surface area contributed by atoms with Gasteiger partial charge in [0.15, 0.2) is 5.78 Å². The molecule has 0 unspecified atom stereocenters. The van der Waals surface area contributed by atoms with Crippen molar-refractivity contribution in [1.29, 1.82) is 0 Å². The molecule has 1 aromatic carbocycles. The Morgan fingerprint density at radius 1 is 1.22 bits per heavy atom. The highest BCUT2D eigenvalue weighted by Gasteiger charge is 2.23. The van der Waals surface area contributed by atoms with Crippen molar-refractivity contribution in [1.82, 2.24) is 15.1 Å². The molecule has 0 spiro atoms. The first-order valence-electron chi connectivity index (χ1n) is 9.16. The van der Waals surface area contributed by atoms with Crippen molar-refractivity contribution < 1.29 is 9.59 Å². The van der Waals surface area contributed by atoms with E-state index < -0.39 is 0 Å². The number of amides is 1. The van der Waals surface area contributed by atoms with E-state index in [2.05, 4.69) is 15.3 Å². The van der Waals surface area contributed by atoms with E-state index in [9.17, 15) is 14.4 Å². The maximum Gasteiger partial charge on any atom is 0.268 e. The van der Waals surface area contributed by atoms with Gasteiger partial charge in [-0.2, -0.15) is 5.10 Å². The number of hydrogen-bond donors (Lipinski definition) is 1. The average Bonchev–Trinajstić information content (AvgIpc) is 3.16. The number of ketones is 1. The van der Waals surface area contributed by atoms with Gasteiger partial charge in [-0.15, -0.1) is 0 Å². The third-order valence-electron chi connectivity index (χ3n) is 4.87. The zero-order valence-electron chi connectivity index (χ0n) is 15.4. The molecule has 1 aliphatic heterocycles. The number of rotatable bonds is 7. The Morgan fingerprint density at radius 3 is 2.74 bits per heavy atom. The molecule has 0 radical (unpaired) electrons. The molecule has 142 valence electrons. The zero-order valence-corrected chi connectivity index (χ0v) is 15.4. The summed E-state index contributed by atoms with van der Waals surface area (Å²) < 4.78 is 1.30. The molecule has 1 fully saturated rings. The minimum Gasteiger partial charge on any atom is -0.370 e. The van der Waals surface area contributed by atoms with Crippen molar-refractivity contribution in [2.45, 2.75) is 19.3 Å². The molecule has 1 aromatic heterocycles. The van der Waals surface area contributed by atoms with E-state index in [0.29, 0.717) is 18.0 Å². The van der Waals surface area contributed by atoms with Gasteiger partial charge in [0.25, 0.3) is 5.56 Å². The second-order valence-electron chi connectivity index (χ2n) is 6.87. The van der Waals surface area contributed by atoms with E-state index >= 15 is 0 Å². The number of nitrogens with zero attached hydrogens (tertiary/aromatic N) is 3. The van der Waals surface area contributed by atoms with Crippen molar-refractivity contribution in [2.75, 3.05) is 24.5 Å². The molecule has 1 amide bonds. The number of hydrogen-bond acceptors (Lipinski definition) is 5. The van der Waals surface area contributed by atoms with Gasteiger partial charge in [-0.25, -0.2) is 4.68 Å². The normalized spacial score (nSPS) is 16.3. The summed E-state index contributed by atoms with van der Waals surface area (Å²) >= 11 is 0. The van der Waals surface area contributed by atoms with E-state index in [0.717, 1.165) is 25.2 Å². The second-order valence-corrected chi connectivity index (χ2v) is 6.87. The fraction of sp³-hybridized carbons (Fsp3) is 0.400. The first kappa shape index (κ1) is 18.8. The summed E-state index contributed by atoms with van der Waals surface area (Å²) in [5.41, 5.74) is 1.33. The molecule has 27 heavy (non-hydrogen) atoms. The number of benzene rings is 1. The first-order valence-corrected chi connectivity index (χ1v) is 9.16. The number of Topliss-reactive ketones (excluding diaryl/α,β-unsaturated/α-hetero) is 1. The third-order valence-corrected chi connectivity index (χ3v) is 4.87. The lowest BCUT2D eigenvalue weighted by Gasteiger charge is -2.18. The summed E-state index contributed by atoms with van der Waals surface area (Å²) in [4.78, 5) is 37.9. The summed E-state index contributed by atoms with van der Waals surface area (Å²) in [6, 6.07) is 10.6. The van der Waals surface area contributed by atoms with Crippen molar-refractivity contribution >= 4 is 17.4 Å². The minimum atomic E-state index is -0.132. The number of anilines is 1. The maximum absolute atomic E-state index is 12.0. The number of carbonyl (C=O) groups is 2. The molecule has 1 N–H and O–H groups in total. The van der Waals surface area contributed by atoms with Gasteiger partial charge in [0.2, 0.25) is 5.91 Å². The van der Waals surface area contributed by atoms with Crippen LogP contribution in [0.3, 0.4) is 0 Å². The molecule has 1 saturated heterocycles. The Labute approximate surface area is 158 Å². The predicted molar refractivity (Wildman–Crippen MR) is 103 cm³/mol. The van der Waals surface area contributed by atoms with Crippen LogP contribution >= 0.6 is 0 Å². The highest BCUT2D eigenvalue weighted by molar-refractivity contribution is 5.97. The largest absolute Gasteiger partial charge is 0.370 e. The Morgan fingerprint density at radius 2 is 2.00 bits per heavy atom. The van der Waals surface area contributed by atoms with E-state index in [-0.39, 0.29) is 30.1 Å². The van der Waals surface area contributed by atoms with Gasteiger partial charge in [-0.05, 0) is 12.3 Å². The second kappa shape index (κ2) is 8.62. The number of carbonyl (C=O) groups excluding carboxylic acids is 2. The van der Waals surface area contributed by atoms with E-state index in [1.807, 2.05) is 18.2 Å². The monoisotopic (exact) mass is 368 g/mol. The molecule has 2 heterocycles. The molecule has 2 aromatic rings. The van der Waals surface area contributed by atoms with Gasteiger partial charge >= 0.3 is 0 Å². The molecule has 0 aliphatic carbocycles. The van der Waals surface area contributed by atoms with E-state index in [1.165, 1.54) is 4.68 Å². The van der Waals surface area contributed by atoms with Crippen molar-refractivity contribution in [2.24, 2.45) is 13.0 Å². The van der Waals surface area contributed by atoms with Crippen LogP contribution < -0.4 is 15.8 Å². The van der Waals surface area contributed by atoms with Gasteiger partial charge in [0.05, 0.1) is 11.9 Å². The minimum absolute atomic E-state index is 0.0176. The van der Waals surface area contributed by atoms with Gasteiger partial charge in [0, 0.05) is 51.2 Å². The lowest BCUT2D eigenvalue weighted by molar-refractivity contribution is -0.121. The van der Waals surface area contributed by atoms with Crippen LogP contribution in [0.15, 0.2) is 47.4 Å². The Kier molecular flexibility index (Phi) is 6.01. The summed E-state index contributed by atoms with van der Waals surface area (Å²) in [6.45, 7) is 2.19. The molecule has 0 saturated carbocycles. The molecule has 0 bridgehead atoms. The molecule has 1 aliphatic rings. The van der Waals surface area contributed by atoms with Crippen molar-refractivity contribution in [3.05, 3.63) is 58.5 Å². The summed E-state index contributed by atoms with van der Waals surface area (Å²) in [7, 11) is 1.62. The molecule has 7 nitrogen and oxygen atoms in total. The van der Waals surface area contributed by atoms with Crippen LogP contribution in [-0.4, -0.2) is 41.1 Å². The average molecular weight is 368 g/mol. The Bertz CT molecular complexity index is 863. The van der Waals surface area contributed by atoms with Crippen LogP contribution in [0.2, 0.25) is 0 Å². The standard InChI is InChI=1S/C20H24N4O3/c1-23-20(27)11-17(13-22-23)24-10-9-15(14-24)12-21-19(26)8-7-18(25)16-5-3-2-4-6-16/h2-6,11,13,15H,7-10,12,14H2,1H3,(H,21,26)/t15-/m0/s1. The summed E-state index contributed by atoms with van der Waals surface area (Å²) in [5, 5.41) is 6.97. The van der Waals surface area contributed by atoms with E-state index in [4.69, 9.17) is 0 Å². The van der Waals surface area contributed by atoms with Gasteiger partial charge in [-0.3, -0.25) is 14.4 Å². The fourth-order valence-electron chi connectivity index (χ4n) is 3.21. The first-order chi connectivity index (χ1) is 13.0. The van der Waals surface area contributed by atoms with Crippen LogP contribution in [0.25, 0.3) is 0 Å². The van der Waals surface area contributed by atoms with Crippen molar-refractivity contribution in [3.8, 4) is 0 Å². The fourth-order valence-corrected chi connectivity index (χ4v) is 3.21. The van der Waals surface area contributed by atoms with Crippen LogP contribution in [0.5, 0.6) is 0 Å². The number of nitrogens with one attached hydrogen (secondary N) is 1. The topological polar surface area (TPSA) is 84.3 Å². The van der Waals surface area contributed by atoms with Gasteiger partial charge in [0.1, 0.15) is 0 Å². The predicted octanol–water partition coefficient (Wildman–Crippen LogP) is 1.39. The molecule has 1 atom stereocenters. The van der Waals surface area contributed by atoms with E-state index in [1.54, 1.807) is 31.4 Å². The lowest BCUT2D eigenvalue weighted by atomic mass is 10.1. The highest BCUT2D eigenvalue weighted by Crippen LogP contribution is 2.21. The Balaban J connectivity index is 1.41. The maximum atomic E-state index is 12.0.